The van der Waals surface area contributed by atoms with Crippen LogP contribution < -0.4 is 15.4 Å². The molecule has 0 aliphatic heterocycles. The number of anilines is 1. The van der Waals surface area contributed by atoms with Gasteiger partial charge in [-0.25, -0.2) is 0 Å². The Bertz CT molecular complexity index is 684. The zero-order valence-corrected chi connectivity index (χ0v) is 14.1. The molecule has 2 rings (SSSR count). The Morgan fingerprint density at radius 1 is 1.04 bits per heavy atom. The minimum absolute atomic E-state index is 0.148. The van der Waals surface area contributed by atoms with E-state index >= 15 is 0 Å². The van der Waals surface area contributed by atoms with Crippen LogP contribution in [0.15, 0.2) is 48.5 Å². The highest BCUT2D eigenvalue weighted by atomic mass is 35.5. The van der Waals surface area contributed by atoms with E-state index in [9.17, 15) is 9.59 Å². The summed E-state index contributed by atoms with van der Waals surface area (Å²) in [6.45, 7) is 2.18. The smallest absolute Gasteiger partial charge is 0.226 e. The fourth-order valence-corrected chi connectivity index (χ4v) is 2.08. The molecule has 0 saturated carbocycles. The number of amides is 2. The molecule has 2 N–H and O–H groups in total. The van der Waals surface area contributed by atoms with Crippen LogP contribution in [0.3, 0.4) is 0 Å². The van der Waals surface area contributed by atoms with Gasteiger partial charge in [-0.3, -0.25) is 9.59 Å². The molecule has 0 fully saturated rings. The third-order valence-corrected chi connectivity index (χ3v) is 3.43. The Hall–Kier alpha value is -2.53. The van der Waals surface area contributed by atoms with Gasteiger partial charge in [-0.05, 0) is 42.0 Å². The first-order valence-corrected chi connectivity index (χ1v) is 7.92. The van der Waals surface area contributed by atoms with Crippen LogP contribution in [0.1, 0.15) is 18.9 Å². The molecule has 0 unspecified atom stereocenters. The Morgan fingerprint density at radius 2 is 1.71 bits per heavy atom. The lowest BCUT2D eigenvalue weighted by atomic mass is 10.2. The molecule has 126 valence electrons. The predicted octanol–water partition coefficient (Wildman–Crippen LogP) is 3.38. The number of halogens is 1. The summed E-state index contributed by atoms with van der Waals surface area (Å²) in [5, 5.41) is 6.03. The van der Waals surface area contributed by atoms with Gasteiger partial charge in [-0.15, -0.1) is 0 Å². The van der Waals surface area contributed by atoms with Crippen molar-refractivity contribution in [2.24, 2.45) is 0 Å². The maximum atomic E-state index is 11.7. The van der Waals surface area contributed by atoms with Gasteiger partial charge in [0.15, 0.2) is 0 Å². The molecular weight excluding hydrogens is 328 g/mol. The molecule has 6 heteroatoms. The summed E-state index contributed by atoms with van der Waals surface area (Å²) >= 11 is 5.84. The first-order valence-electron chi connectivity index (χ1n) is 7.54. The lowest BCUT2D eigenvalue weighted by molar-refractivity contribution is -0.119. The van der Waals surface area contributed by atoms with Gasteiger partial charge in [-0.1, -0.05) is 23.7 Å². The second kappa shape index (κ2) is 8.93. The second-order valence-corrected chi connectivity index (χ2v) is 5.66. The topological polar surface area (TPSA) is 67.4 Å². The fourth-order valence-electron chi connectivity index (χ4n) is 1.96. The normalized spacial score (nSPS) is 10.1. The van der Waals surface area contributed by atoms with Crippen molar-refractivity contribution in [3.8, 4) is 5.75 Å². The third kappa shape index (κ3) is 6.30. The van der Waals surface area contributed by atoms with Crippen LogP contribution in [0, 0.1) is 0 Å². The molecule has 0 aliphatic rings. The van der Waals surface area contributed by atoms with Gasteiger partial charge < -0.3 is 15.4 Å². The number of carbonyl (C=O) groups is 2. The quantitative estimate of drug-likeness (QED) is 0.807. The maximum Gasteiger partial charge on any atom is 0.226 e. The minimum atomic E-state index is -0.154. The van der Waals surface area contributed by atoms with Crippen molar-refractivity contribution in [1.29, 1.82) is 0 Å². The average Bonchev–Trinajstić information content (AvgIpc) is 2.55. The van der Waals surface area contributed by atoms with Crippen LogP contribution in [0.4, 0.5) is 5.69 Å². The molecule has 2 aromatic rings. The molecular formula is C18H19ClN2O3. The van der Waals surface area contributed by atoms with Crippen LogP contribution in [0.5, 0.6) is 5.75 Å². The van der Waals surface area contributed by atoms with Gasteiger partial charge in [0, 0.05) is 30.6 Å². The zero-order valence-electron chi connectivity index (χ0n) is 13.3. The van der Waals surface area contributed by atoms with Crippen LogP contribution in [0.2, 0.25) is 5.02 Å². The highest BCUT2D eigenvalue weighted by Crippen LogP contribution is 2.18. The standard InChI is InChI=1S/C18H19ClN2O3/c1-13(22)20-11-10-18(23)21-16-6-8-17(9-7-16)24-12-14-2-4-15(19)5-3-14/h2-9H,10-12H2,1H3,(H,20,22)(H,21,23). The average molecular weight is 347 g/mol. The number of nitrogens with one attached hydrogen (secondary N) is 2. The first-order chi connectivity index (χ1) is 11.5. The number of benzene rings is 2. The molecule has 2 amide bonds. The molecule has 0 radical (unpaired) electrons. The monoisotopic (exact) mass is 346 g/mol. The van der Waals surface area contributed by atoms with Crippen molar-refractivity contribution in [1.82, 2.24) is 5.32 Å². The summed E-state index contributed by atoms with van der Waals surface area (Å²) in [5.74, 6) is 0.407. The Balaban J connectivity index is 1.78. The molecule has 0 saturated heterocycles. The molecule has 0 heterocycles. The second-order valence-electron chi connectivity index (χ2n) is 5.22. The van der Waals surface area contributed by atoms with Crippen molar-refractivity contribution < 1.29 is 14.3 Å². The van der Waals surface area contributed by atoms with Crippen LogP contribution in [0.25, 0.3) is 0 Å². The van der Waals surface area contributed by atoms with E-state index in [1.54, 1.807) is 24.3 Å². The van der Waals surface area contributed by atoms with E-state index in [2.05, 4.69) is 10.6 Å². The van der Waals surface area contributed by atoms with Crippen molar-refractivity contribution in [2.75, 3.05) is 11.9 Å². The van der Waals surface area contributed by atoms with E-state index in [4.69, 9.17) is 16.3 Å². The van der Waals surface area contributed by atoms with Crippen LogP contribution >= 0.6 is 11.6 Å². The van der Waals surface area contributed by atoms with Crippen LogP contribution in [-0.4, -0.2) is 18.4 Å². The lowest BCUT2D eigenvalue weighted by Gasteiger charge is -2.09. The number of hydrogen-bond acceptors (Lipinski definition) is 3. The van der Waals surface area contributed by atoms with Crippen molar-refractivity contribution in [3.05, 3.63) is 59.1 Å². The predicted molar refractivity (Wildman–Crippen MR) is 94.2 cm³/mol. The van der Waals surface area contributed by atoms with Gasteiger partial charge in [0.2, 0.25) is 11.8 Å². The Labute approximate surface area is 146 Å². The minimum Gasteiger partial charge on any atom is -0.489 e. The fraction of sp³-hybridized carbons (Fsp3) is 0.222. The molecule has 0 aliphatic carbocycles. The number of hydrogen-bond donors (Lipinski definition) is 2. The molecule has 0 spiro atoms. The van der Waals surface area contributed by atoms with E-state index < -0.39 is 0 Å². The van der Waals surface area contributed by atoms with Crippen molar-refractivity contribution >= 4 is 29.1 Å². The summed E-state index contributed by atoms with van der Waals surface area (Å²) in [6, 6.07) is 14.6. The van der Waals surface area contributed by atoms with Gasteiger partial charge in [0.25, 0.3) is 0 Å². The summed E-state index contributed by atoms with van der Waals surface area (Å²) in [4.78, 5) is 22.5. The molecule has 2 aromatic carbocycles. The summed E-state index contributed by atoms with van der Waals surface area (Å²) in [5.41, 5.74) is 1.71. The Morgan fingerprint density at radius 3 is 2.33 bits per heavy atom. The van der Waals surface area contributed by atoms with E-state index in [1.165, 1.54) is 6.92 Å². The number of carbonyl (C=O) groups excluding carboxylic acids is 2. The van der Waals surface area contributed by atoms with Gasteiger partial charge in [-0.2, -0.15) is 0 Å². The van der Waals surface area contributed by atoms with Gasteiger partial charge in [0.1, 0.15) is 12.4 Å². The van der Waals surface area contributed by atoms with E-state index in [1.807, 2.05) is 24.3 Å². The van der Waals surface area contributed by atoms with Gasteiger partial charge >= 0.3 is 0 Å². The zero-order chi connectivity index (χ0) is 17.4. The maximum absolute atomic E-state index is 11.7. The Kier molecular flexibility index (Phi) is 6.63. The summed E-state index contributed by atoms with van der Waals surface area (Å²) < 4.78 is 5.68. The van der Waals surface area contributed by atoms with Crippen molar-refractivity contribution in [2.45, 2.75) is 20.0 Å². The molecule has 0 bridgehead atoms. The summed E-state index contributed by atoms with van der Waals surface area (Å²) in [7, 11) is 0. The highest BCUT2D eigenvalue weighted by Gasteiger charge is 2.03. The van der Waals surface area contributed by atoms with E-state index in [0.717, 1.165) is 5.56 Å². The molecule has 5 nitrogen and oxygen atoms in total. The SMILES string of the molecule is CC(=O)NCCC(=O)Nc1ccc(OCc2ccc(Cl)cc2)cc1. The van der Waals surface area contributed by atoms with Crippen molar-refractivity contribution in [3.63, 3.8) is 0 Å². The first kappa shape index (κ1) is 17.8. The third-order valence-electron chi connectivity index (χ3n) is 3.18. The van der Waals surface area contributed by atoms with E-state index in [0.29, 0.717) is 29.6 Å². The molecule has 24 heavy (non-hydrogen) atoms. The van der Waals surface area contributed by atoms with E-state index in [-0.39, 0.29) is 18.2 Å². The van der Waals surface area contributed by atoms with Crippen LogP contribution in [-0.2, 0) is 16.2 Å². The largest absolute Gasteiger partial charge is 0.489 e. The lowest BCUT2D eigenvalue weighted by Crippen LogP contribution is -2.25. The number of ether oxygens (including phenoxy) is 1. The van der Waals surface area contributed by atoms with Gasteiger partial charge in [0.05, 0.1) is 0 Å². The number of rotatable bonds is 7. The summed E-state index contributed by atoms with van der Waals surface area (Å²) in [6.07, 6.45) is 0.231. The molecule has 0 atom stereocenters. The molecule has 0 aromatic heterocycles. The highest BCUT2D eigenvalue weighted by molar-refractivity contribution is 6.30.